The molecule has 0 radical (unpaired) electrons. The molecule has 264 valence electrons. The van der Waals surface area contributed by atoms with Gasteiger partial charge in [0.25, 0.3) is 0 Å². The molecule has 2 heterocycles. The van der Waals surface area contributed by atoms with Gasteiger partial charge in [-0.25, -0.2) is 4.79 Å². The van der Waals surface area contributed by atoms with E-state index in [9.17, 15) is 15.0 Å². The smallest absolute Gasteiger partial charge is 0.338 e. The molecular formula is C40H44O10. The number of esters is 1. The Bertz CT molecular complexity index is 1560. The number of aliphatic hydroxyl groups is 2. The average molecular weight is 685 g/mol. The van der Waals surface area contributed by atoms with Crippen molar-refractivity contribution < 1.29 is 48.2 Å². The molecule has 2 N–H and O–H groups in total. The van der Waals surface area contributed by atoms with Gasteiger partial charge in [-0.05, 0) is 35.7 Å². The zero-order chi connectivity index (χ0) is 34.7. The van der Waals surface area contributed by atoms with Crippen LogP contribution in [0.4, 0.5) is 0 Å². The first-order chi connectivity index (χ1) is 24.4. The molecule has 0 aliphatic carbocycles. The summed E-state index contributed by atoms with van der Waals surface area (Å²) in [6, 6.07) is 37.8. The summed E-state index contributed by atoms with van der Waals surface area (Å²) in [5, 5.41) is 22.3. The number of hydrogen-bond acceptors (Lipinski definition) is 10. The van der Waals surface area contributed by atoms with E-state index in [4.69, 9.17) is 33.2 Å². The molecule has 10 heteroatoms. The third-order valence-electron chi connectivity index (χ3n) is 8.81. The van der Waals surface area contributed by atoms with E-state index in [0.717, 1.165) is 16.7 Å². The quantitative estimate of drug-likeness (QED) is 0.172. The van der Waals surface area contributed by atoms with Crippen molar-refractivity contribution in [2.24, 2.45) is 0 Å². The van der Waals surface area contributed by atoms with Gasteiger partial charge in [0, 0.05) is 6.42 Å². The van der Waals surface area contributed by atoms with E-state index in [0.29, 0.717) is 5.56 Å². The van der Waals surface area contributed by atoms with E-state index < -0.39 is 61.3 Å². The van der Waals surface area contributed by atoms with Crippen LogP contribution >= 0.6 is 0 Å². The second-order valence-electron chi connectivity index (χ2n) is 12.5. The zero-order valence-corrected chi connectivity index (χ0v) is 27.9. The van der Waals surface area contributed by atoms with E-state index in [1.807, 2.05) is 97.1 Å². The van der Waals surface area contributed by atoms with Gasteiger partial charge in [0.2, 0.25) is 0 Å². The molecule has 0 bridgehead atoms. The highest BCUT2D eigenvalue weighted by Crippen LogP contribution is 2.31. The van der Waals surface area contributed by atoms with Crippen molar-refractivity contribution in [3.8, 4) is 0 Å². The van der Waals surface area contributed by atoms with Crippen molar-refractivity contribution in [1.82, 2.24) is 0 Å². The van der Waals surface area contributed by atoms with Crippen LogP contribution in [-0.4, -0.2) is 78.1 Å². The largest absolute Gasteiger partial charge is 0.453 e. The number of aliphatic hydroxyl groups excluding tert-OH is 2. The van der Waals surface area contributed by atoms with Gasteiger partial charge < -0.3 is 43.4 Å². The van der Waals surface area contributed by atoms with Gasteiger partial charge in [-0.1, -0.05) is 109 Å². The summed E-state index contributed by atoms with van der Waals surface area (Å²) >= 11 is 0. The maximum atomic E-state index is 12.7. The van der Waals surface area contributed by atoms with Crippen LogP contribution in [0.15, 0.2) is 121 Å². The van der Waals surface area contributed by atoms with Gasteiger partial charge in [-0.3, -0.25) is 0 Å². The van der Waals surface area contributed by atoms with Crippen molar-refractivity contribution in [2.45, 2.75) is 88.5 Å². The molecule has 0 aromatic heterocycles. The zero-order valence-electron chi connectivity index (χ0n) is 27.9. The molecule has 4 aromatic rings. The molecular weight excluding hydrogens is 640 g/mol. The first kappa shape index (κ1) is 35.8. The van der Waals surface area contributed by atoms with Crippen LogP contribution in [0.2, 0.25) is 0 Å². The molecule has 0 amide bonds. The Balaban J connectivity index is 1.16. The summed E-state index contributed by atoms with van der Waals surface area (Å²) in [5.41, 5.74) is 3.22. The predicted octanol–water partition coefficient (Wildman–Crippen LogP) is 5.20. The van der Waals surface area contributed by atoms with Gasteiger partial charge in [-0.15, -0.1) is 0 Å². The Morgan fingerprint density at radius 1 is 0.620 bits per heavy atom. The summed E-state index contributed by atoms with van der Waals surface area (Å²) in [5.74, 6) is -0.543. The van der Waals surface area contributed by atoms with Gasteiger partial charge in [0.05, 0.1) is 44.2 Å². The lowest BCUT2D eigenvalue weighted by molar-refractivity contribution is -0.327. The first-order valence-electron chi connectivity index (χ1n) is 17.0. The van der Waals surface area contributed by atoms with Crippen LogP contribution in [-0.2, 0) is 53.0 Å². The molecule has 0 spiro atoms. The van der Waals surface area contributed by atoms with E-state index >= 15 is 0 Å². The Hall–Kier alpha value is -3.97. The molecule has 10 nitrogen and oxygen atoms in total. The molecule has 2 fully saturated rings. The van der Waals surface area contributed by atoms with E-state index in [2.05, 4.69) is 0 Å². The second kappa shape index (κ2) is 17.8. The Morgan fingerprint density at radius 3 is 1.62 bits per heavy atom. The molecule has 0 saturated carbocycles. The van der Waals surface area contributed by atoms with Gasteiger partial charge in [0.1, 0.15) is 24.4 Å². The lowest BCUT2D eigenvalue weighted by atomic mass is 9.97. The summed E-state index contributed by atoms with van der Waals surface area (Å²) < 4.78 is 43.3. The fourth-order valence-electron chi connectivity index (χ4n) is 6.16. The third kappa shape index (κ3) is 9.63. The minimum absolute atomic E-state index is 0.0499. The maximum absolute atomic E-state index is 12.7. The number of carbonyl (C=O) groups is 1. The summed E-state index contributed by atoms with van der Waals surface area (Å²) in [6.07, 6.45) is -7.86. The SMILES string of the molecule is C[C@H]1O[C@@H](OC[C@H]2O[C@H](O)[C@H](OCc3ccccc3)[C@@H](OCc3ccccc3)[C@@H]2OCc2ccccc2)C[C@@H](O)[C@@H]1OC(=O)c1ccccc1. The standard InChI is InChI=1S/C40H44O10/c1-27-35(50-39(42)31-20-12-5-13-21-31)32(41)22-34(48-27)44-26-33-36(45-23-28-14-6-2-7-15-28)37(46-24-29-16-8-3-9-17-29)38(40(43)49-33)47-25-30-18-10-4-11-19-30/h2-21,27,32-38,40-41,43H,22-26H2,1H3/t27-,32-,33-,34-,35-,36-,37+,38-,40+/m1/s1. The lowest BCUT2D eigenvalue weighted by Gasteiger charge is -2.45. The molecule has 2 saturated heterocycles. The Labute approximate surface area is 292 Å². The number of rotatable bonds is 14. The highest BCUT2D eigenvalue weighted by molar-refractivity contribution is 5.89. The fraction of sp³-hybridized carbons (Fsp3) is 0.375. The van der Waals surface area contributed by atoms with Gasteiger partial charge in [-0.2, -0.15) is 0 Å². The van der Waals surface area contributed by atoms with Crippen LogP contribution in [0.5, 0.6) is 0 Å². The summed E-state index contributed by atoms with van der Waals surface area (Å²) in [7, 11) is 0. The number of carbonyl (C=O) groups excluding carboxylic acids is 1. The fourth-order valence-corrected chi connectivity index (χ4v) is 6.16. The molecule has 2 aliphatic rings. The molecule has 6 rings (SSSR count). The van der Waals surface area contributed by atoms with Crippen LogP contribution in [0, 0.1) is 0 Å². The van der Waals surface area contributed by atoms with Crippen LogP contribution in [0.1, 0.15) is 40.4 Å². The lowest BCUT2D eigenvalue weighted by Crippen LogP contribution is -2.61. The van der Waals surface area contributed by atoms with E-state index in [-0.39, 0.29) is 32.8 Å². The van der Waals surface area contributed by atoms with Crippen LogP contribution in [0.25, 0.3) is 0 Å². The van der Waals surface area contributed by atoms with Crippen molar-refractivity contribution in [1.29, 1.82) is 0 Å². The highest BCUT2D eigenvalue weighted by Gasteiger charge is 2.49. The number of ether oxygens (including phenoxy) is 7. The maximum Gasteiger partial charge on any atom is 0.338 e. The predicted molar refractivity (Wildman–Crippen MR) is 182 cm³/mol. The van der Waals surface area contributed by atoms with Crippen molar-refractivity contribution in [3.63, 3.8) is 0 Å². The normalized spacial score (nSPS) is 28.2. The monoisotopic (exact) mass is 684 g/mol. The summed E-state index contributed by atoms with van der Waals surface area (Å²) in [6.45, 7) is 2.40. The average Bonchev–Trinajstić information content (AvgIpc) is 3.15. The van der Waals surface area contributed by atoms with Gasteiger partial charge >= 0.3 is 5.97 Å². The van der Waals surface area contributed by atoms with E-state index in [1.165, 1.54) is 0 Å². The topological polar surface area (TPSA) is 122 Å². The van der Waals surface area contributed by atoms with Gasteiger partial charge in [0.15, 0.2) is 18.7 Å². The molecule has 9 atom stereocenters. The van der Waals surface area contributed by atoms with Crippen LogP contribution in [0.3, 0.4) is 0 Å². The minimum Gasteiger partial charge on any atom is -0.453 e. The Kier molecular flexibility index (Phi) is 12.8. The minimum atomic E-state index is -1.36. The van der Waals surface area contributed by atoms with Crippen molar-refractivity contribution >= 4 is 5.97 Å². The first-order valence-corrected chi connectivity index (χ1v) is 17.0. The number of benzene rings is 4. The molecule has 2 aliphatic heterocycles. The summed E-state index contributed by atoms with van der Waals surface area (Å²) in [4.78, 5) is 12.7. The van der Waals surface area contributed by atoms with Crippen molar-refractivity contribution in [3.05, 3.63) is 144 Å². The second-order valence-corrected chi connectivity index (χ2v) is 12.5. The number of hydrogen-bond donors (Lipinski definition) is 2. The highest BCUT2D eigenvalue weighted by atomic mass is 16.7. The third-order valence-corrected chi connectivity index (χ3v) is 8.81. The van der Waals surface area contributed by atoms with Crippen molar-refractivity contribution in [2.75, 3.05) is 6.61 Å². The molecule has 50 heavy (non-hydrogen) atoms. The molecule has 4 aromatic carbocycles. The Morgan fingerprint density at radius 2 is 1.10 bits per heavy atom. The van der Waals surface area contributed by atoms with E-state index in [1.54, 1.807) is 31.2 Å². The van der Waals surface area contributed by atoms with Crippen LogP contribution < -0.4 is 0 Å². The molecule has 0 unspecified atom stereocenters.